The molecule has 0 bridgehead atoms. The summed E-state index contributed by atoms with van der Waals surface area (Å²) in [6.45, 7) is 4.03. The minimum atomic E-state index is -0.361. The molecule has 0 spiro atoms. The number of carbonyl (C=O) groups is 1. The summed E-state index contributed by atoms with van der Waals surface area (Å²) in [4.78, 5) is 16.5. The average Bonchev–Trinajstić information content (AvgIpc) is 2.46. The van der Waals surface area contributed by atoms with Crippen molar-refractivity contribution in [1.29, 1.82) is 0 Å². The van der Waals surface area contributed by atoms with Gasteiger partial charge in [-0.25, -0.2) is 9.78 Å². The van der Waals surface area contributed by atoms with Crippen LogP contribution in [0, 0.1) is 6.92 Å². The summed E-state index contributed by atoms with van der Waals surface area (Å²) >= 11 is 0. The van der Waals surface area contributed by atoms with Crippen molar-refractivity contribution < 1.29 is 9.53 Å². The number of fused-ring (bicyclic) bond motifs is 3. The van der Waals surface area contributed by atoms with Gasteiger partial charge in [0.05, 0.1) is 12.1 Å². The molecule has 0 saturated carbocycles. The molecule has 1 heterocycles. The van der Waals surface area contributed by atoms with Gasteiger partial charge in [-0.3, -0.25) is 0 Å². The zero-order valence-electron chi connectivity index (χ0n) is 11.5. The zero-order valence-corrected chi connectivity index (χ0v) is 11.5. The average molecular weight is 265 g/mol. The summed E-state index contributed by atoms with van der Waals surface area (Å²) in [5.74, 6) is -0.361. The number of hydrogen-bond acceptors (Lipinski definition) is 3. The molecule has 0 saturated heterocycles. The molecule has 100 valence electrons. The van der Waals surface area contributed by atoms with Crippen molar-refractivity contribution in [1.82, 2.24) is 4.98 Å². The topological polar surface area (TPSA) is 39.2 Å². The van der Waals surface area contributed by atoms with Crippen LogP contribution in [0.2, 0.25) is 0 Å². The first-order chi connectivity index (χ1) is 9.70. The van der Waals surface area contributed by atoms with Crippen LogP contribution in [0.4, 0.5) is 0 Å². The lowest BCUT2D eigenvalue weighted by Crippen LogP contribution is -2.09. The molecular formula is C17H15NO2. The summed E-state index contributed by atoms with van der Waals surface area (Å²) in [6, 6.07) is 14.1. The van der Waals surface area contributed by atoms with E-state index in [9.17, 15) is 4.79 Å². The van der Waals surface area contributed by atoms with Crippen molar-refractivity contribution in [2.45, 2.75) is 13.8 Å². The fraction of sp³-hybridized carbons (Fsp3) is 0.176. The monoisotopic (exact) mass is 265 g/mol. The molecule has 0 N–H and O–H groups in total. The van der Waals surface area contributed by atoms with E-state index in [-0.39, 0.29) is 5.97 Å². The van der Waals surface area contributed by atoms with Crippen LogP contribution in [0.3, 0.4) is 0 Å². The van der Waals surface area contributed by atoms with Crippen LogP contribution in [0.25, 0.3) is 21.7 Å². The van der Waals surface area contributed by atoms with Crippen molar-refractivity contribution in [3.8, 4) is 0 Å². The lowest BCUT2D eigenvalue weighted by Gasteiger charge is -2.08. The fourth-order valence-electron chi connectivity index (χ4n) is 2.42. The number of aryl methyl sites for hydroxylation is 1. The first-order valence-corrected chi connectivity index (χ1v) is 6.67. The second-order valence-electron chi connectivity index (χ2n) is 4.73. The third-order valence-corrected chi connectivity index (χ3v) is 3.37. The van der Waals surface area contributed by atoms with Gasteiger partial charge in [-0.2, -0.15) is 0 Å². The molecule has 0 unspecified atom stereocenters. The van der Waals surface area contributed by atoms with E-state index in [1.54, 1.807) is 6.92 Å². The van der Waals surface area contributed by atoms with E-state index >= 15 is 0 Å². The number of ether oxygens (including phenoxy) is 1. The number of hydrogen-bond donors (Lipinski definition) is 0. The lowest BCUT2D eigenvalue weighted by molar-refractivity contribution is 0.0519. The van der Waals surface area contributed by atoms with Crippen LogP contribution in [-0.2, 0) is 4.74 Å². The molecule has 2 aromatic carbocycles. The highest BCUT2D eigenvalue weighted by atomic mass is 16.5. The summed E-state index contributed by atoms with van der Waals surface area (Å²) in [7, 11) is 0. The molecule has 0 fully saturated rings. The van der Waals surface area contributed by atoms with E-state index < -0.39 is 0 Å². The van der Waals surface area contributed by atoms with E-state index in [1.807, 2.05) is 43.3 Å². The van der Waals surface area contributed by atoms with Crippen LogP contribution >= 0.6 is 0 Å². The van der Waals surface area contributed by atoms with Crippen LogP contribution in [0.5, 0.6) is 0 Å². The minimum absolute atomic E-state index is 0.355. The van der Waals surface area contributed by atoms with Crippen LogP contribution in [-0.4, -0.2) is 17.6 Å². The molecule has 3 heteroatoms. The van der Waals surface area contributed by atoms with E-state index in [1.165, 1.54) is 0 Å². The zero-order chi connectivity index (χ0) is 14.1. The number of nitrogens with zero attached hydrogens (tertiary/aromatic N) is 1. The van der Waals surface area contributed by atoms with Crippen molar-refractivity contribution in [3.63, 3.8) is 0 Å². The Labute approximate surface area is 117 Å². The Morgan fingerprint density at radius 1 is 1.15 bits per heavy atom. The lowest BCUT2D eigenvalue weighted by atomic mass is 10.0. The molecule has 20 heavy (non-hydrogen) atoms. The third-order valence-electron chi connectivity index (χ3n) is 3.37. The van der Waals surface area contributed by atoms with Gasteiger partial charge in [0, 0.05) is 10.8 Å². The van der Waals surface area contributed by atoms with Crippen LogP contribution in [0.15, 0.2) is 42.5 Å². The summed E-state index contributed by atoms with van der Waals surface area (Å²) < 4.78 is 5.07. The molecule has 0 aliphatic heterocycles. The molecule has 3 aromatic rings. The molecule has 0 radical (unpaired) electrons. The highest BCUT2D eigenvalue weighted by Gasteiger charge is 2.14. The largest absolute Gasteiger partial charge is 0.461 e. The maximum atomic E-state index is 12.0. The SMILES string of the molecule is CCOC(=O)c1nc2c(ccc3ccccc32)cc1C. The van der Waals surface area contributed by atoms with Crippen molar-refractivity contribution >= 4 is 27.6 Å². The van der Waals surface area contributed by atoms with Gasteiger partial charge in [-0.1, -0.05) is 36.4 Å². The first kappa shape index (κ1) is 12.6. The first-order valence-electron chi connectivity index (χ1n) is 6.67. The standard InChI is InChI=1S/C17H15NO2/c1-3-20-17(19)15-11(2)10-13-9-8-12-6-4-5-7-14(12)16(13)18-15/h4-10H,3H2,1-2H3. The van der Waals surface area contributed by atoms with Gasteiger partial charge in [0.25, 0.3) is 0 Å². The van der Waals surface area contributed by atoms with Gasteiger partial charge in [0.15, 0.2) is 5.69 Å². The van der Waals surface area contributed by atoms with Crippen molar-refractivity contribution in [2.75, 3.05) is 6.61 Å². The van der Waals surface area contributed by atoms with E-state index in [2.05, 4.69) is 11.1 Å². The molecule has 3 rings (SSSR count). The summed E-state index contributed by atoms with van der Waals surface area (Å²) in [5, 5.41) is 3.20. The van der Waals surface area contributed by atoms with Gasteiger partial charge in [0.1, 0.15) is 0 Å². The second kappa shape index (κ2) is 4.93. The van der Waals surface area contributed by atoms with Crippen molar-refractivity contribution in [2.24, 2.45) is 0 Å². The Morgan fingerprint density at radius 2 is 1.90 bits per heavy atom. The highest BCUT2D eigenvalue weighted by molar-refractivity contribution is 6.06. The Bertz CT molecular complexity index is 809. The third kappa shape index (κ3) is 2.01. The molecule has 0 amide bonds. The second-order valence-corrected chi connectivity index (χ2v) is 4.73. The number of aromatic nitrogens is 1. The normalized spacial score (nSPS) is 10.9. The van der Waals surface area contributed by atoms with Gasteiger partial charge < -0.3 is 4.74 Å². The number of pyridine rings is 1. The molecule has 1 aromatic heterocycles. The van der Waals surface area contributed by atoms with Gasteiger partial charge in [-0.15, -0.1) is 0 Å². The highest BCUT2D eigenvalue weighted by Crippen LogP contribution is 2.25. The molecular weight excluding hydrogens is 250 g/mol. The maximum Gasteiger partial charge on any atom is 0.357 e. The molecule has 0 aliphatic rings. The minimum Gasteiger partial charge on any atom is -0.461 e. The Morgan fingerprint density at radius 3 is 2.70 bits per heavy atom. The number of esters is 1. The number of benzene rings is 2. The van der Waals surface area contributed by atoms with E-state index in [0.717, 1.165) is 27.2 Å². The number of rotatable bonds is 2. The smallest absolute Gasteiger partial charge is 0.357 e. The predicted octanol–water partition coefficient (Wildman–Crippen LogP) is 3.87. The maximum absolute atomic E-state index is 12.0. The summed E-state index contributed by atoms with van der Waals surface area (Å²) in [5.41, 5.74) is 2.08. The van der Waals surface area contributed by atoms with E-state index in [4.69, 9.17) is 4.74 Å². The van der Waals surface area contributed by atoms with Crippen LogP contribution in [0.1, 0.15) is 23.0 Å². The molecule has 0 aliphatic carbocycles. The predicted molar refractivity (Wildman–Crippen MR) is 79.9 cm³/mol. The summed E-state index contributed by atoms with van der Waals surface area (Å²) in [6.07, 6.45) is 0. The Balaban J connectivity index is 2.31. The fourth-order valence-corrected chi connectivity index (χ4v) is 2.42. The molecule has 3 nitrogen and oxygen atoms in total. The molecule has 0 atom stereocenters. The Kier molecular flexibility index (Phi) is 3.11. The Hall–Kier alpha value is -2.42. The van der Waals surface area contributed by atoms with Gasteiger partial charge in [-0.05, 0) is 30.9 Å². The van der Waals surface area contributed by atoms with Gasteiger partial charge >= 0.3 is 5.97 Å². The number of carbonyl (C=O) groups excluding carboxylic acids is 1. The van der Waals surface area contributed by atoms with Crippen LogP contribution < -0.4 is 0 Å². The van der Waals surface area contributed by atoms with Gasteiger partial charge in [0.2, 0.25) is 0 Å². The quantitative estimate of drug-likeness (QED) is 0.521. The van der Waals surface area contributed by atoms with E-state index in [0.29, 0.717) is 12.3 Å². The van der Waals surface area contributed by atoms with Crippen molar-refractivity contribution in [3.05, 3.63) is 53.7 Å².